The van der Waals surface area contributed by atoms with E-state index in [1.54, 1.807) is 30.2 Å². The lowest BCUT2D eigenvalue weighted by Gasteiger charge is -2.35. The molecule has 2 fully saturated rings. The number of nitrogens with zero attached hydrogens (tertiary/aromatic N) is 2. The van der Waals surface area contributed by atoms with E-state index in [9.17, 15) is 14.4 Å². The number of benzene rings is 2. The number of nitrogens with one attached hydrogen (secondary N) is 1. The van der Waals surface area contributed by atoms with Crippen molar-refractivity contribution >= 4 is 35.2 Å². The van der Waals surface area contributed by atoms with Gasteiger partial charge in [-0.05, 0) is 37.1 Å². The van der Waals surface area contributed by atoms with Crippen molar-refractivity contribution < 1.29 is 19.1 Å². The third-order valence-electron chi connectivity index (χ3n) is 5.63. The molecule has 2 aromatic carbocycles. The number of hydrogen-bond donors (Lipinski definition) is 1. The van der Waals surface area contributed by atoms with E-state index in [1.807, 2.05) is 35.2 Å². The van der Waals surface area contributed by atoms with Gasteiger partial charge in [0.2, 0.25) is 11.8 Å². The minimum Gasteiger partial charge on any atom is -0.497 e. The van der Waals surface area contributed by atoms with Crippen molar-refractivity contribution in [3.05, 3.63) is 54.1 Å². The quantitative estimate of drug-likeness (QED) is 0.652. The normalized spacial score (nSPS) is 15.9. The molecule has 1 saturated carbocycles. The number of thioether (sulfide) groups is 1. The van der Waals surface area contributed by atoms with E-state index >= 15 is 0 Å². The average Bonchev–Trinajstić information content (AvgIpc) is 3.68. The summed E-state index contributed by atoms with van der Waals surface area (Å²) in [6.45, 7) is 2.23. The minimum atomic E-state index is -0.155. The van der Waals surface area contributed by atoms with E-state index < -0.39 is 0 Å². The summed E-state index contributed by atoms with van der Waals surface area (Å²) in [7, 11) is 1.58. The van der Waals surface area contributed by atoms with Crippen LogP contribution >= 0.6 is 11.8 Å². The lowest BCUT2D eigenvalue weighted by molar-refractivity contribution is -0.134. The lowest BCUT2D eigenvalue weighted by Crippen LogP contribution is -2.51. The molecule has 1 aliphatic heterocycles. The van der Waals surface area contributed by atoms with Crippen LogP contribution in [0.1, 0.15) is 23.2 Å². The summed E-state index contributed by atoms with van der Waals surface area (Å²) in [6, 6.07) is 14.5. The van der Waals surface area contributed by atoms with Crippen molar-refractivity contribution in [1.29, 1.82) is 0 Å². The number of amides is 3. The van der Waals surface area contributed by atoms with Gasteiger partial charge in [0.15, 0.2) is 0 Å². The number of rotatable bonds is 7. The molecule has 0 radical (unpaired) electrons. The first-order chi connectivity index (χ1) is 15.5. The molecule has 0 spiro atoms. The molecule has 32 heavy (non-hydrogen) atoms. The molecule has 4 rings (SSSR count). The van der Waals surface area contributed by atoms with Crippen LogP contribution in [0.3, 0.4) is 0 Å². The van der Waals surface area contributed by atoms with Crippen LogP contribution in [0.5, 0.6) is 5.75 Å². The summed E-state index contributed by atoms with van der Waals surface area (Å²) in [5.74, 6) is 1.08. The molecular weight excluding hydrogens is 426 g/mol. The third kappa shape index (κ3) is 5.43. The van der Waals surface area contributed by atoms with Gasteiger partial charge in [-0.3, -0.25) is 14.4 Å². The molecule has 7 nitrogen and oxygen atoms in total. The van der Waals surface area contributed by atoms with Crippen LogP contribution in [-0.4, -0.2) is 66.6 Å². The SMILES string of the molecule is COc1cccc(NC(=O)CSc2ccccc2C(=O)N2CCN(C(=O)C3CC3)CC2)c1. The minimum absolute atomic E-state index is 0.0557. The maximum atomic E-state index is 13.1. The molecule has 1 heterocycles. The van der Waals surface area contributed by atoms with Crippen molar-refractivity contribution in [1.82, 2.24) is 9.80 Å². The highest BCUT2D eigenvalue weighted by Crippen LogP contribution is 2.31. The number of carbonyl (C=O) groups excluding carboxylic acids is 3. The Bertz CT molecular complexity index is 1000. The molecule has 1 aliphatic carbocycles. The number of ether oxygens (including phenoxy) is 1. The molecular formula is C24H27N3O4S. The largest absolute Gasteiger partial charge is 0.497 e. The average molecular weight is 454 g/mol. The summed E-state index contributed by atoms with van der Waals surface area (Å²) < 4.78 is 5.18. The highest BCUT2D eigenvalue weighted by atomic mass is 32.2. The van der Waals surface area contributed by atoms with Gasteiger partial charge in [-0.2, -0.15) is 0 Å². The Kier molecular flexibility index (Phi) is 6.99. The smallest absolute Gasteiger partial charge is 0.255 e. The van der Waals surface area contributed by atoms with Gasteiger partial charge in [-0.25, -0.2) is 0 Å². The van der Waals surface area contributed by atoms with Gasteiger partial charge in [0.1, 0.15) is 5.75 Å². The summed E-state index contributed by atoms with van der Waals surface area (Å²) in [4.78, 5) is 42.3. The molecule has 0 atom stereocenters. The number of hydrogen-bond acceptors (Lipinski definition) is 5. The fourth-order valence-corrected chi connectivity index (χ4v) is 4.54. The second-order valence-electron chi connectivity index (χ2n) is 7.96. The first kappa shape index (κ1) is 22.2. The van der Waals surface area contributed by atoms with Crippen LogP contribution in [0.2, 0.25) is 0 Å². The fraction of sp³-hybridized carbons (Fsp3) is 0.375. The Labute approximate surface area is 192 Å². The Balaban J connectivity index is 1.33. The van der Waals surface area contributed by atoms with E-state index in [0.717, 1.165) is 17.7 Å². The molecule has 0 aromatic heterocycles. The van der Waals surface area contributed by atoms with Gasteiger partial charge >= 0.3 is 0 Å². The van der Waals surface area contributed by atoms with Crippen LogP contribution in [0.25, 0.3) is 0 Å². The molecule has 2 aliphatic rings. The predicted molar refractivity (Wildman–Crippen MR) is 124 cm³/mol. The standard InChI is InChI=1S/C24H27N3O4S/c1-31-19-6-4-5-18(15-19)25-22(28)16-32-21-8-3-2-7-20(21)24(30)27-13-11-26(12-14-27)23(29)17-9-10-17/h2-8,15,17H,9-14,16H2,1H3,(H,25,28). The second-order valence-corrected chi connectivity index (χ2v) is 8.97. The van der Waals surface area contributed by atoms with Crippen LogP contribution in [0.4, 0.5) is 5.69 Å². The summed E-state index contributed by atoms with van der Waals surface area (Å²) >= 11 is 1.34. The first-order valence-corrected chi connectivity index (χ1v) is 11.8. The summed E-state index contributed by atoms with van der Waals surface area (Å²) in [6.07, 6.45) is 1.99. The topological polar surface area (TPSA) is 79.0 Å². The van der Waals surface area contributed by atoms with Crippen molar-refractivity contribution in [2.45, 2.75) is 17.7 Å². The van der Waals surface area contributed by atoms with Crippen molar-refractivity contribution in [3.63, 3.8) is 0 Å². The Morgan fingerprint density at radius 3 is 2.44 bits per heavy atom. The lowest BCUT2D eigenvalue weighted by atomic mass is 10.1. The van der Waals surface area contributed by atoms with Gasteiger partial charge in [-0.1, -0.05) is 18.2 Å². The zero-order chi connectivity index (χ0) is 22.5. The molecule has 168 valence electrons. The number of anilines is 1. The van der Waals surface area contributed by atoms with Crippen LogP contribution in [0, 0.1) is 5.92 Å². The maximum Gasteiger partial charge on any atom is 0.255 e. The van der Waals surface area contributed by atoms with E-state index in [2.05, 4.69) is 5.32 Å². The van der Waals surface area contributed by atoms with Crippen LogP contribution < -0.4 is 10.1 Å². The van der Waals surface area contributed by atoms with E-state index in [-0.39, 0.29) is 29.4 Å². The molecule has 1 saturated heterocycles. The molecule has 3 amide bonds. The van der Waals surface area contributed by atoms with Gasteiger partial charge in [0.05, 0.1) is 18.4 Å². The van der Waals surface area contributed by atoms with Crippen molar-refractivity contribution in [2.75, 3.05) is 44.4 Å². The molecule has 1 N–H and O–H groups in total. The summed E-state index contributed by atoms with van der Waals surface area (Å²) in [5.41, 5.74) is 1.26. The van der Waals surface area contributed by atoms with Crippen LogP contribution in [0.15, 0.2) is 53.4 Å². The van der Waals surface area contributed by atoms with Gasteiger partial charge < -0.3 is 19.9 Å². The number of carbonyl (C=O) groups is 3. The van der Waals surface area contributed by atoms with Gasteiger partial charge in [0, 0.05) is 48.7 Å². The Morgan fingerprint density at radius 2 is 1.72 bits per heavy atom. The summed E-state index contributed by atoms with van der Waals surface area (Å²) in [5, 5.41) is 2.86. The number of methoxy groups -OCH3 is 1. The van der Waals surface area contributed by atoms with E-state index in [0.29, 0.717) is 43.2 Å². The van der Waals surface area contributed by atoms with E-state index in [4.69, 9.17) is 4.74 Å². The molecule has 0 unspecified atom stereocenters. The predicted octanol–water partition coefficient (Wildman–Crippen LogP) is 3.12. The monoisotopic (exact) mass is 453 g/mol. The molecule has 2 aromatic rings. The van der Waals surface area contributed by atoms with Crippen molar-refractivity contribution in [3.8, 4) is 5.75 Å². The fourth-order valence-electron chi connectivity index (χ4n) is 3.70. The van der Waals surface area contributed by atoms with Crippen LogP contribution in [-0.2, 0) is 9.59 Å². The van der Waals surface area contributed by atoms with E-state index in [1.165, 1.54) is 11.8 Å². The Hall–Kier alpha value is -3.00. The van der Waals surface area contributed by atoms with Gasteiger partial charge in [-0.15, -0.1) is 11.8 Å². The zero-order valence-corrected chi connectivity index (χ0v) is 18.9. The number of piperazine rings is 1. The molecule has 0 bridgehead atoms. The highest BCUT2D eigenvalue weighted by molar-refractivity contribution is 8.00. The first-order valence-electron chi connectivity index (χ1n) is 10.8. The Morgan fingerprint density at radius 1 is 1.00 bits per heavy atom. The second kappa shape index (κ2) is 10.1. The third-order valence-corrected chi connectivity index (χ3v) is 6.71. The maximum absolute atomic E-state index is 13.1. The van der Waals surface area contributed by atoms with Crippen molar-refractivity contribution in [2.24, 2.45) is 5.92 Å². The highest BCUT2D eigenvalue weighted by Gasteiger charge is 2.35. The molecule has 8 heteroatoms. The van der Waals surface area contributed by atoms with Gasteiger partial charge in [0.25, 0.3) is 5.91 Å². The zero-order valence-electron chi connectivity index (χ0n) is 18.1.